The van der Waals surface area contributed by atoms with E-state index in [9.17, 15) is 4.79 Å². The van der Waals surface area contributed by atoms with Crippen molar-refractivity contribution in [3.8, 4) is 18.2 Å². The van der Waals surface area contributed by atoms with E-state index in [4.69, 9.17) is 26.3 Å². The molecule has 2 N–H and O–H groups in total. The summed E-state index contributed by atoms with van der Waals surface area (Å²) in [5, 5.41) is 26.6. The fraction of sp³-hybridized carbons (Fsp3) is 0.273. The molecule has 0 fully saturated rings. The Balaban J connectivity index is 3.38. The standard InChI is InChI=1S/C11H8N6O2/c1-2-19-11(18)6(3-12)9-7(4-13)16-8(5-14)10(15)17-9/h6H,2H2,1H3,(H2,15,17). The van der Waals surface area contributed by atoms with Crippen LogP contribution in [0.15, 0.2) is 0 Å². The van der Waals surface area contributed by atoms with Crippen LogP contribution in [0.2, 0.25) is 0 Å². The molecule has 1 unspecified atom stereocenters. The summed E-state index contributed by atoms with van der Waals surface area (Å²) in [6, 6.07) is 5.01. The number of carbonyl (C=O) groups is 1. The largest absolute Gasteiger partial charge is 0.465 e. The van der Waals surface area contributed by atoms with Crippen molar-refractivity contribution in [1.82, 2.24) is 9.97 Å². The number of ether oxygens (including phenoxy) is 1. The lowest BCUT2D eigenvalue weighted by Gasteiger charge is -2.09. The summed E-state index contributed by atoms with van der Waals surface area (Å²) in [6.07, 6.45) is 0. The van der Waals surface area contributed by atoms with Gasteiger partial charge in [0.25, 0.3) is 0 Å². The number of carbonyl (C=O) groups excluding carboxylic acids is 1. The minimum absolute atomic E-state index is 0.0814. The Morgan fingerprint density at radius 3 is 2.42 bits per heavy atom. The number of esters is 1. The zero-order chi connectivity index (χ0) is 14.4. The summed E-state index contributed by atoms with van der Waals surface area (Å²) in [4.78, 5) is 19.0. The van der Waals surface area contributed by atoms with Gasteiger partial charge >= 0.3 is 5.97 Å². The minimum Gasteiger partial charge on any atom is -0.465 e. The van der Waals surface area contributed by atoms with Crippen LogP contribution in [0.4, 0.5) is 5.82 Å². The molecule has 0 saturated heterocycles. The summed E-state index contributed by atoms with van der Waals surface area (Å²) in [5.41, 5.74) is 4.71. The summed E-state index contributed by atoms with van der Waals surface area (Å²) >= 11 is 0. The molecular weight excluding hydrogens is 248 g/mol. The lowest BCUT2D eigenvalue weighted by atomic mass is 10.1. The molecule has 0 radical (unpaired) electrons. The van der Waals surface area contributed by atoms with Gasteiger partial charge in [-0.2, -0.15) is 15.8 Å². The van der Waals surface area contributed by atoms with Gasteiger partial charge in [0, 0.05) is 0 Å². The first-order valence-corrected chi connectivity index (χ1v) is 5.12. The molecular formula is C11H8N6O2. The minimum atomic E-state index is -1.41. The number of nitrogens with zero attached hydrogens (tertiary/aromatic N) is 5. The van der Waals surface area contributed by atoms with E-state index in [-0.39, 0.29) is 29.5 Å². The SMILES string of the molecule is CCOC(=O)C(C#N)c1nc(N)c(C#N)nc1C#N. The Morgan fingerprint density at radius 1 is 1.32 bits per heavy atom. The van der Waals surface area contributed by atoms with E-state index in [1.807, 2.05) is 0 Å². The van der Waals surface area contributed by atoms with Gasteiger partial charge in [0.1, 0.15) is 17.8 Å². The van der Waals surface area contributed by atoms with Crippen LogP contribution in [0.3, 0.4) is 0 Å². The van der Waals surface area contributed by atoms with Crippen LogP contribution in [-0.2, 0) is 9.53 Å². The Bertz CT molecular complexity index is 634. The fourth-order valence-electron chi connectivity index (χ4n) is 1.28. The van der Waals surface area contributed by atoms with Gasteiger partial charge in [-0.25, -0.2) is 9.97 Å². The second kappa shape index (κ2) is 5.95. The normalized spacial score (nSPS) is 10.6. The maximum Gasteiger partial charge on any atom is 0.329 e. The highest BCUT2D eigenvalue weighted by molar-refractivity contribution is 5.81. The Morgan fingerprint density at radius 2 is 1.95 bits per heavy atom. The first kappa shape index (κ1) is 13.9. The number of nitrogen functional groups attached to an aromatic ring is 1. The summed E-state index contributed by atoms with van der Waals surface area (Å²) in [5.74, 6) is -2.50. The van der Waals surface area contributed by atoms with Crippen molar-refractivity contribution >= 4 is 11.8 Å². The fourth-order valence-corrected chi connectivity index (χ4v) is 1.28. The van der Waals surface area contributed by atoms with E-state index in [0.29, 0.717) is 0 Å². The number of rotatable bonds is 3. The quantitative estimate of drug-likeness (QED) is 0.740. The number of hydrogen-bond donors (Lipinski definition) is 1. The van der Waals surface area contributed by atoms with Crippen LogP contribution in [-0.4, -0.2) is 22.5 Å². The molecule has 19 heavy (non-hydrogen) atoms. The molecule has 0 spiro atoms. The second-order valence-corrected chi connectivity index (χ2v) is 3.23. The lowest BCUT2D eigenvalue weighted by molar-refractivity contribution is -0.143. The predicted molar refractivity (Wildman–Crippen MR) is 60.9 cm³/mol. The molecule has 8 heteroatoms. The molecule has 0 aliphatic carbocycles. The van der Waals surface area contributed by atoms with Crippen LogP contribution in [0.5, 0.6) is 0 Å². The average molecular weight is 256 g/mol. The number of nitrogens with two attached hydrogens (primary N) is 1. The Kier molecular flexibility index (Phi) is 4.34. The zero-order valence-corrected chi connectivity index (χ0v) is 9.91. The number of hydrogen-bond acceptors (Lipinski definition) is 8. The molecule has 0 saturated carbocycles. The smallest absolute Gasteiger partial charge is 0.329 e. The van der Waals surface area contributed by atoms with Crippen LogP contribution < -0.4 is 5.73 Å². The third-order valence-corrected chi connectivity index (χ3v) is 2.09. The number of anilines is 1. The van der Waals surface area contributed by atoms with Gasteiger partial charge in [0.05, 0.1) is 12.7 Å². The molecule has 1 rings (SSSR count). The molecule has 1 aromatic rings. The van der Waals surface area contributed by atoms with E-state index in [2.05, 4.69) is 9.97 Å². The van der Waals surface area contributed by atoms with E-state index >= 15 is 0 Å². The molecule has 0 aliphatic heterocycles. The van der Waals surface area contributed by atoms with Crippen molar-refractivity contribution < 1.29 is 9.53 Å². The van der Waals surface area contributed by atoms with Crippen LogP contribution in [0.1, 0.15) is 29.9 Å². The maximum atomic E-state index is 11.6. The predicted octanol–water partition coefficient (Wildman–Crippen LogP) is -0.0276. The van der Waals surface area contributed by atoms with Gasteiger partial charge in [-0.05, 0) is 6.92 Å². The van der Waals surface area contributed by atoms with Crippen LogP contribution in [0.25, 0.3) is 0 Å². The molecule has 0 amide bonds. The summed E-state index contributed by atoms with van der Waals surface area (Å²) in [7, 11) is 0. The van der Waals surface area contributed by atoms with Gasteiger partial charge < -0.3 is 10.5 Å². The van der Waals surface area contributed by atoms with Gasteiger partial charge in [0.15, 0.2) is 23.1 Å². The lowest BCUT2D eigenvalue weighted by Crippen LogP contribution is -2.19. The van der Waals surface area contributed by atoms with Crippen molar-refractivity contribution in [2.75, 3.05) is 12.3 Å². The van der Waals surface area contributed by atoms with Crippen molar-refractivity contribution in [2.45, 2.75) is 12.8 Å². The van der Waals surface area contributed by atoms with E-state index in [0.717, 1.165) is 0 Å². The second-order valence-electron chi connectivity index (χ2n) is 3.23. The average Bonchev–Trinajstić information content (AvgIpc) is 2.40. The zero-order valence-electron chi connectivity index (χ0n) is 9.91. The third-order valence-electron chi connectivity index (χ3n) is 2.09. The highest BCUT2D eigenvalue weighted by atomic mass is 16.5. The molecule has 1 heterocycles. The van der Waals surface area contributed by atoms with Crippen molar-refractivity contribution in [1.29, 1.82) is 15.8 Å². The third kappa shape index (κ3) is 2.74. The molecule has 1 atom stereocenters. The Labute approximate surface area is 108 Å². The first-order chi connectivity index (χ1) is 9.08. The van der Waals surface area contributed by atoms with Crippen LogP contribution >= 0.6 is 0 Å². The number of aromatic nitrogens is 2. The molecule has 0 bridgehead atoms. The molecule has 8 nitrogen and oxygen atoms in total. The van der Waals surface area contributed by atoms with Crippen LogP contribution in [0, 0.1) is 34.0 Å². The van der Waals surface area contributed by atoms with Gasteiger partial charge in [0.2, 0.25) is 0 Å². The topological polar surface area (TPSA) is 149 Å². The van der Waals surface area contributed by atoms with Gasteiger partial charge in [-0.1, -0.05) is 0 Å². The number of nitriles is 3. The highest BCUT2D eigenvalue weighted by Gasteiger charge is 2.28. The van der Waals surface area contributed by atoms with E-state index < -0.39 is 11.9 Å². The molecule has 0 aromatic carbocycles. The van der Waals surface area contributed by atoms with Gasteiger partial charge in [-0.3, -0.25) is 4.79 Å². The summed E-state index contributed by atoms with van der Waals surface area (Å²) in [6.45, 7) is 1.66. The van der Waals surface area contributed by atoms with Gasteiger partial charge in [-0.15, -0.1) is 0 Å². The summed E-state index contributed by atoms with van der Waals surface area (Å²) < 4.78 is 4.70. The van der Waals surface area contributed by atoms with Crippen molar-refractivity contribution in [3.63, 3.8) is 0 Å². The molecule has 1 aromatic heterocycles. The molecule has 94 valence electrons. The van der Waals surface area contributed by atoms with E-state index in [1.54, 1.807) is 25.1 Å². The Hall–Kier alpha value is -3.18. The maximum absolute atomic E-state index is 11.6. The molecule has 0 aliphatic rings. The first-order valence-electron chi connectivity index (χ1n) is 5.12. The monoisotopic (exact) mass is 256 g/mol. The van der Waals surface area contributed by atoms with Crippen molar-refractivity contribution in [2.24, 2.45) is 0 Å². The highest BCUT2D eigenvalue weighted by Crippen LogP contribution is 2.20. The van der Waals surface area contributed by atoms with E-state index in [1.165, 1.54) is 0 Å². The van der Waals surface area contributed by atoms with Crippen molar-refractivity contribution in [3.05, 3.63) is 17.1 Å².